The van der Waals surface area contributed by atoms with E-state index < -0.39 is 0 Å². The second-order valence-corrected chi connectivity index (χ2v) is 14.5. The van der Waals surface area contributed by atoms with Crippen LogP contribution in [0.4, 0.5) is 0 Å². The van der Waals surface area contributed by atoms with E-state index in [1.54, 1.807) is 11.3 Å². The van der Waals surface area contributed by atoms with Crippen molar-refractivity contribution in [3.05, 3.63) is 133 Å². The smallest absolute Gasteiger partial charge is 0.0542 e. The van der Waals surface area contributed by atoms with Crippen molar-refractivity contribution < 1.29 is 0 Å². The lowest BCUT2D eigenvalue weighted by Gasteiger charge is -2.09. The highest BCUT2D eigenvalue weighted by molar-refractivity contribution is 7.36. The monoisotopic (exact) mass is 598 g/mol. The molecule has 10 rings (SSSR count). The number of rotatable bonds is 2. The molecular weight excluding hydrogens is 577 g/mol. The minimum absolute atomic E-state index is 1.26. The second-order valence-electron chi connectivity index (χ2n) is 11.4. The molecule has 3 heterocycles. The Hall–Kier alpha value is -4.54. The minimum atomic E-state index is 1.26. The summed E-state index contributed by atoms with van der Waals surface area (Å²) in [4.78, 5) is 0. The highest BCUT2D eigenvalue weighted by atomic mass is 32.1. The molecule has 0 saturated carbocycles. The van der Waals surface area contributed by atoms with Gasteiger partial charge in [-0.05, 0) is 120 Å². The Morgan fingerprint density at radius 3 is 1.42 bits per heavy atom. The third kappa shape index (κ3) is 3.72. The van der Waals surface area contributed by atoms with Crippen molar-refractivity contribution in [3.63, 3.8) is 0 Å². The third-order valence-corrected chi connectivity index (χ3v) is 12.2. The lowest BCUT2D eigenvalue weighted by atomic mass is 9.96. The van der Waals surface area contributed by atoms with Crippen molar-refractivity contribution in [2.24, 2.45) is 0 Å². The zero-order chi connectivity index (χ0) is 28.1. The van der Waals surface area contributed by atoms with Crippen LogP contribution in [0.3, 0.4) is 0 Å². The molecule has 0 N–H and O–H groups in total. The number of thiophene rings is 3. The van der Waals surface area contributed by atoms with E-state index in [1.807, 2.05) is 22.7 Å². The van der Waals surface area contributed by atoms with Crippen LogP contribution in [0.25, 0.3) is 94.2 Å². The fourth-order valence-corrected chi connectivity index (χ4v) is 10.1. The van der Waals surface area contributed by atoms with Gasteiger partial charge in [-0.25, -0.2) is 0 Å². The van der Waals surface area contributed by atoms with E-state index in [0.29, 0.717) is 0 Å². The van der Waals surface area contributed by atoms with E-state index in [4.69, 9.17) is 0 Å². The van der Waals surface area contributed by atoms with E-state index in [0.717, 1.165) is 0 Å². The fourth-order valence-electron chi connectivity index (χ4n) is 6.61. The standard InChI is InChI=1S/C40H22S3/c1-2-4-25-21-37-34(18-24(25)3-1)39-40(42-37)35-19-31-12-11-30(17-33(31)22-38(35)43-39)28-8-7-27-16-29(10-9-26(27)15-28)32-6-5-23-13-14-41-36(23)20-32/h1-22H. The summed E-state index contributed by atoms with van der Waals surface area (Å²) in [6.07, 6.45) is 0. The van der Waals surface area contributed by atoms with Gasteiger partial charge < -0.3 is 0 Å². The quantitative estimate of drug-likeness (QED) is 0.186. The van der Waals surface area contributed by atoms with Crippen LogP contribution in [-0.2, 0) is 0 Å². The van der Waals surface area contributed by atoms with Crippen LogP contribution in [-0.4, -0.2) is 0 Å². The summed E-state index contributed by atoms with van der Waals surface area (Å²) in [5.74, 6) is 0. The van der Waals surface area contributed by atoms with Crippen LogP contribution in [0.2, 0.25) is 0 Å². The first-order valence-corrected chi connectivity index (χ1v) is 17.0. The maximum atomic E-state index is 2.40. The summed E-state index contributed by atoms with van der Waals surface area (Å²) in [7, 11) is 0. The van der Waals surface area contributed by atoms with Gasteiger partial charge in [-0.1, -0.05) is 72.8 Å². The molecule has 0 amide bonds. The Balaban J connectivity index is 1.05. The zero-order valence-corrected chi connectivity index (χ0v) is 25.4. The lowest BCUT2D eigenvalue weighted by Crippen LogP contribution is -1.82. The normalized spacial score (nSPS) is 12.2. The van der Waals surface area contributed by atoms with Gasteiger partial charge in [0.05, 0.1) is 9.40 Å². The molecule has 0 atom stereocenters. The SMILES string of the molecule is c1ccc2cc3c(cc2c1)sc1c2cc4ccc(-c5ccc6cc(-c7ccc8ccsc8c7)ccc6c5)cc4cc2sc31. The van der Waals surface area contributed by atoms with E-state index in [2.05, 4.69) is 133 Å². The van der Waals surface area contributed by atoms with Crippen molar-refractivity contribution in [3.8, 4) is 22.3 Å². The zero-order valence-electron chi connectivity index (χ0n) is 22.9. The molecule has 0 saturated heterocycles. The number of hydrogen-bond donors (Lipinski definition) is 0. The molecule has 200 valence electrons. The van der Waals surface area contributed by atoms with Crippen LogP contribution < -0.4 is 0 Å². The summed E-state index contributed by atoms with van der Waals surface area (Å²) in [5.41, 5.74) is 5.06. The Bertz CT molecular complexity index is 2730. The molecule has 0 nitrogen and oxygen atoms in total. The summed E-state index contributed by atoms with van der Waals surface area (Å²) in [6.45, 7) is 0. The summed E-state index contributed by atoms with van der Waals surface area (Å²) >= 11 is 5.67. The molecule has 10 aromatic rings. The largest absolute Gasteiger partial charge is 0.144 e. The molecule has 0 bridgehead atoms. The molecule has 3 aromatic heterocycles. The van der Waals surface area contributed by atoms with Crippen molar-refractivity contribution in [1.29, 1.82) is 0 Å². The van der Waals surface area contributed by atoms with Crippen molar-refractivity contribution >= 4 is 106 Å². The maximum absolute atomic E-state index is 2.40. The van der Waals surface area contributed by atoms with Crippen molar-refractivity contribution in [2.75, 3.05) is 0 Å². The van der Waals surface area contributed by atoms with Gasteiger partial charge in [0.15, 0.2) is 0 Å². The molecule has 43 heavy (non-hydrogen) atoms. The van der Waals surface area contributed by atoms with Crippen LogP contribution in [0.5, 0.6) is 0 Å². The van der Waals surface area contributed by atoms with Gasteiger partial charge in [-0.15, -0.1) is 34.0 Å². The van der Waals surface area contributed by atoms with Crippen LogP contribution >= 0.6 is 34.0 Å². The second kappa shape index (κ2) is 8.98. The van der Waals surface area contributed by atoms with Crippen LogP contribution in [0.1, 0.15) is 0 Å². The molecule has 0 radical (unpaired) electrons. The van der Waals surface area contributed by atoms with Crippen molar-refractivity contribution in [1.82, 2.24) is 0 Å². The fraction of sp³-hybridized carbons (Fsp3) is 0. The van der Waals surface area contributed by atoms with Crippen LogP contribution in [0, 0.1) is 0 Å². The van der Waals surface area contributed by atoms with Gasteiger partial charge in [0.1, 0.15) is 0 Å². The molecule has 0 fully saturated rings. The Kier molecular flexibility index (Phi) is 5.00. The third-order valence-electron chi connectivity index (χ3n) is 8.87. The molecule has 7 aromatic carbocycles. The van der Waals surface area contributed by atoms with E-state index in [1.165, 1.54) is 94.2 Å². The van der Waals surface area contributed by atoms with E-state index in [-0.39, 0.29) is 0 Å². The van der Waals surface area contributed by atoms with E-state index >= 15 is 0 Å². The van der Waals surface area contributed by atoms with Gasteiger partial charge in [-0.2, -0.15) is 0 Å². The Labute approximate surface area is 259 Å². The Morgan fingerprint density at radius 2 is 0.791 bits per heavy atom. The van der Waals surface area contributed by atoms with E-state index in [9.17, 15) is 0 Å². The predicted molar refractivity (Wildman–Crippen MR) is 193 cm³/mol. The van der Waals surface area contributed by atoms with Gasteiger partial charge in [0.25, 0.3) is 0 Å². The average molecular weight is 599 g/mol. The summed E-state index contributed by atoms with van der Waals surface area (Å²) < 4.78 is 6.92. The lowest BCUT2D eigenvalue weighted by molar-refractivity contribution is 1.66. The highest BCUT2D eigenvalue weighted by Crippen LogP contribution is 2.46. The maximum Gasteiger partial charge on any atom is 0.0542 e. The van der Waals surface area contributed by atoms with Gasteiger partial charge in [-0.3, -0.25) is 0 Å². The molecule has 0 aliphatic rings. The molecular formula is C40H22S3. The number of hydrogen-bond acceptors (Lipinski definition) is 3. The van der Waals surface area contributed by atoms with Gasteiger partial charge in [0, 0.05) is 24.9 Å². The molecule has 0 unspecified atom stereocenters. The molecule has 0 aliphatic carbocycles. The first-order valence-electron chi connectivity index (χ1n) is 14.5. The average Bonchev–Trinajstić information content (AvgIpc) is 3.75. The minimum Gasteiger partial charge on any atom is -0.144 e. The topological polar surface area (TPSA) is 0 Å². The summed E-state index contributed by atoms with van der Waals surface area (Å²) in [6, 6.07) is 47.8. The number of fused-ring (bicyclic) bond motifs is 9. The number of benzene rings is 7. The van der Waals surface area contributed by atoms with Gasteiger partial charge >= 0.3 is 0 Å². The molecule has 0 aliphatic heterocycles. The Morgan fingerprint density at radius 1 is 0.326 bits per heavy atom. The van der Waals surface area contributed by atoms with Crippen molar-refractivity contribution in [2.45, 2.75) is 0 Å². The van der Waals surface area contributed by atoms with Crippen LogP contribution in [0.15, 0.2) is 133 Å². The highest BCUT2D eigenvalue weighted by Gasteiger charge is 2.14. The summed E-state index contributed by atoms with van der Waals surface area (Å²) in [5, 5.41) is 14.0. The van der Waals surface area contributed by atoms with Gasteiger partial charge in [0.2, 0.25) is 0 Å². The predicted octanol–water partition coefficient (Wildman–Crippen LogP) is 13.3. The first kappa shape index (κ1) is 24.0. The molecule has 0 spiro atoms. The molecule has 3 heteroatoms. The first-order chi connectivity index (χ1) is 21.2.